The van der Waals surface area contributed by atoms with Crippen molar-refractivity contribution < 1.29 is 9.53 Å². The van der Waals surface area contributed by atoms with Gasteiger partial charge in [-0.2, -0.15) is 0 Å². The highest BCUT2D eigenvalue weighted by Crippen LogP contribution is 1.98. The summed E-state index contributed by atoms with van der Waals surface area (Å²) in [5.41, 5.74) is 0. The molecule has 2 heteroatoms. The van der Waals surface area contributed by atoms with E-state index < -0.39 is 0 Å². The Morgan fingerprint density at radius 3 is 2.11 bits per heavy atom. The zero-order valence-electron chi connectivity index (χ0n) is 5.60. The molecule has 56 valence electrons. The van der Waals surface area contributed by atoms with E-state index in [1.807, 2.05) is 13.8 Å². The minimum absolute atomic E-state index is 0. The molecule has 0 atom stereocenters. The van der Waals surface area contributed by atoms with Gasteiger partial charge >= 0.3 is 5.97 Å². The summed E-state index contributed by atoms with van der Waals surface area (Å²) in [7, 11) is 1.41. The van der Waals surface area contributed by atoms with Crippen molar-refractivity contribution >= 4 is 5.97 Å². The van der Waals surface area contributed by atoms with Gasteiger partial charge in [-0.3, -0.25) is 4.79 Å². The van der Waals surface area contributed by atoms with E-state index in [2.05, 4.69) is 4.74 Å². The quantitative estimate of drug-likeness (QED) is 0.536. The lowest BCUT2D eigenvalue weighted by Gasteiger charge is -1.99. The van der Waals surface area contributed by atoms with Crippen molar-refractivity contribution in [3.05, 3.63) is 0 Å². The zero-order chi connectivity index (χ0) is 6.57. The summed E-state index contributed by atoms with van der Waals surface area (Å²) in [5, 5.41) is 0. The van der Waals surface area contributed by atoms with Gasteiger partial charge in [0.15, 0.2) is 0 Å². The molecule has 0 saturated heterocycles. The lowest BCUT2D eigenvalue weighted by atomic mass is 10.1. The number of carbonyl (C=O) groups is 1. The molecule has 0 rings (SSSR count). The van der Waals surface area contributed by atoms with Gasteiger partial charge in [-0.15, -0.1) is 0 Å². The summed E-state index contributed by atoms with van der Waals surface area (Å²) in [6, 6.07) is 0. The van der Waals surface area contributed by atoms with Gasteiger partial charge in [0, 0.05) is 6.42 Å². The average Bonchev–Trinajstić information content (AvgIpc) is 1.65. The molecule has 0 heterocycles. The predicted octanol–water partition coefficient (Wildman–Crippen LogP) is 1.84. The third kappa shape index (κ3) is 7.47. The predicted molar refractivity (Wildman–Crippen MR) is 38.2 cm³/mol. The standard InChI is InChI=1S/C6H12O2.CH4/c1-5(2)4-6(7)8-3;/h5H,4H2,1-3H3;1H4. The first-order chi connectivity index (χ1) is 3.66. The molecule has 0 saturated carbocycles. The molecule has 9 heavy (non-hydrogen) atoms. The van der Waals surface area contributed by atoms with Crippen LogP contribution >= 0.6 is 0 Å². The molecule has 0 aliphatic carbocycles. The monoisotopic (exact) mass is 132 g/mol. The number of ether oxygens (including phenoxy) is 1. The van der Waals surface area contributed by atoms with Gasteiger partial charge in [-0.25, -0.2) is 0 Å². The molecule has 0 amide bonds. The molecule has 2 nitrogen and oxygen atoms in total. The highest BCUT2D eigenvalue weighted by Gasteiger charge is 2.01. The maximum atomic E-state index is 10.4. The first-order valence-electron chi connectivity index (χ1n) is 2.73. The van der Waals surface area contributed by atoms with Crippen LogP contribution in [0.15, 0.2) is 0 Å². The molecule has 0 N–H and O–H groups in total. The molecule has 0 aliphatic heterocycles. The van der Waals surface area contributed by atoms with E-state index in [1.165, 1.54) is 7.11 Å². The minimum atomic E-state index is -0.125. The number of hydrogen-bond donors (Lipinski definition) is 0. The summed E-state index contributed by atoms with van der Waals surface area (Å²) >= 11 is 0. The summed E-state index contributed by atoms with van der Waals surface area (Å²) < 4.78 is 4.42. The van der Waals surface area contributed by atoms with Crippen molar-refractivity contribution in [3.8, 4) is 0 Å². The number of hydrogen-bond acceptors (Lipinski definition) is 2. The Hall–Kier alpha value is -0.530. The first kappa shape index (κ1) is 11.3. The highest BCUT2D eigenvalue weighted by atomic mass is 16.5. The third-order valence-corrected chi connectivity index (χ3v) is 0.803. The molecule has 0 bridgehead atoms. The molecule has 0 aromatic carbocycles. The van der Waals surface area contributed by atoms with E-state index in [1.54, 1.807) is 0 Å². The number of methoxy groups -OCH3 is 1. The van der Waals surface area contributed by atoms with Crippen LogP contribution in [0.3, 0.4) is 0 Å². The SMILES string of the molecule is C.COC(=O)CC(C)C. The van der Waals surface area contributed by atoms with E-state index in [4.69, 9.17) is 0 Å². The summed E-state index contributed by atoms with van der Waals surface area (Å²) in [6.07, 6.45) is 0.524. The van der Waals surface area contributed by atoms with Crippen LogP contribution in [0.4, 0.5) is 0 Å². The Morgan fingerprint density at radius 1 is 1.56 bits per heavy atom. The minimum Gasteiger partial charge on any atom is -0.469 e. The van der Waals surface area contributed by atoms with Crippen LogP contribution in [0.2, 0.25) is 0 Å². The van der Waals surface area contributed by atoms with Gasteiger partial charge in [0.05, 0.1) is 7.11 Å². The Morgan fingerprint density at radius 2 is 2.00 bits per heavy atom. The Labute approximate surface area is 57.2 Å². The van der Waals surface area contributed by atoms with E-state index in [0.717, 1.165) is 0 Å². The van der Waals surface area contributed by atoms with Crippen LogP contribution in [-0.2, 0) is 9.53 Å². The number of rotatable bonds is 2. The van der Waals surface area contributed by atoms with Crippen LogP contribution in [-0.4, -0.2) is 13.1 Å². The third-order valence-electron chi connectivity index (χ3n) is 0.803. The second-order valence-electron chi connectivity index (χ2n) is 2.17. The smallest absolute Gasteiger partial charge is 0.305 e. The Bertz CT molecular complexity index is 77.0. The fourth-order valence-electron chi connectivity index (χ4n) is 0.417. The number of esters is 1. The van der Waals surface area contributed by atoms with E-state index >= 15 is 0 Å². The topological polar surface area (TPSA) is 26.3 Å². The summed E-state index contributed by atoms with van der Waals surface area (Å²) in [4.78, 5) is 10.4. The van der Waals surface area contributed by atoms with Gasteiger partial charge in [0.2, 0.25) is 0 Å². The lowest BCUT2D eigenvalue weighted by Crippen LogP contribution is -2.03. The van der Waals surface area contributed by atoms with Gasteiger partial charge in [-0.1, -0.05) is 21.3 Å². The van der Waals surface area contributed by atoms with E-state index in [9.17, 15) is 4.79 Å². The van der Waals surface area contributed by atoms with E-state index in [0.29, 0.717) is 12.3 Å². The van der Waals surface area contributed by atoms with Crippen molar-refractivity contribution in [2.24, 2.45) is 5.92 Å². The van der Waals surface area contributed by atoms with Gasteiger partial charge < -0.3 is 4.74 Å². The fourth-order valence-corrected chi connectivity index (χ4v) is 0.417. The highest BCUT2D eigenvalue weighted by molar-refractivity contribution is 5.69. The van der Waals surface area contributed by atoms with Gasteiger partial charge in [0.25, 0.3) is 0 Å². The van der Waals surface area contributed by atoms with Crippen molar-refractivity contribution in [1.29, 1.82) is 0 Å². The molecule has 0 spiro atoms. The molecule has 0 aromatic rings. The molecular weight excluding hydrogens is 116 g/mol. The van der Waals surface area contributed by atoms with Crippen molar-refractivity contribution in [2.75, 3.05) is 7.11 Å². The largest absolute Gasteiger partial charge is 0.469 e. The van der Waals surface area contributed by atoms with Crippen LogP contribution in [0.5, 0.6) is 0 Å². The zero-order valence-corrected chi connectivity index (χ0v) is 5.60. The molecule has 0 aromatic heterocycles. The maximum absolute atomic E-state index is 10.4. The summed E-state index contributed by atoms with van der Waals surface area (Å²) in [5.74, 6) is 0.280. The number of carbonyl (C=O) groups excluding carboxylic acids is 1. The second kappa shape index (κ2) is 5.60. The molecule has 0 radical (unpaired) electrons. The van der Waals surface area contributed by atoms with Crippen LogP contribution in [0, 0.1) is 5.92 Å². The molecule has 0 fully saturated rings. The molecule has 0 unspecified atom stereocenters. The Balaban J connectivity index is 0. The van der Waals surface area contributed by atoms with Crippen molar-refractivity contribution in [3.63, 3.8) is 0 Å². The fraction of sp³-hybridized carbons (Fsp3) is 0.857. The maximum Gasteiger partial charge on any atom is 0.305 e. The van der Waals surface area contributed by atoms with Crippen LogP contribution in [0.25, 0.3) is 0 Å². The molecular formula is C7H16O2. The normalized spacial score (nSPS) is 8.44. The second-order valence-corrected chi connectivity index (χ2v) is 2.17. The summed E-state index contributed by atoms with van der Waals surface area (Å²) in [6.45, 7) is 3.97. The van der Waals surface area contributed by atoms with E-state index in [-0.39, 0.29) is 13.4 Å². The van der Waals surface area contributed by atoms with Crippen LogP contribution in [0.1, 0.15) is 27.7 Å². The lowest BCUT2D eigenvalue weighted by molar-refractivity contribution is -0.141. The van der Waals surface area contributed by atoms with Crippen molar-refractivity contribution in [1.82, 2.24) is 0 Å². The average molecular weight is 132 g/mol. The van der Waals surface area contributed by atoms with Gasteiger partial charge in [-0.05, 0) is 5.92 Å². The van der Waals surface area contributed by atoms with Gasteiger partial charge in [0.1, 0.15) is 0 Å². The first-order valence-corrected chi connectivity index (χ1v) is 2.73. The van der Waals surface area contributed by atoms with Crippen molar-refractivity contribution in [2.45, 2.75) is 27.7 Å². The Kier molecular flexibility index (Phi) is 7.03. The molecule has 0 aliphatic rings. The van der Waals surface area contributed by atoms with Crippen LogP contribution < -0.4 is 0 Å².